The lowest BCUT2D eigenvalue weighted by Gasteiger charge is -2.28. The zero-order chi connectivity index (χ0) is 19.7. The number of anilines is 1. The van der Waals surface area contributed by atoms with Crippen LogP contribution in [0, 0.1) is 0 Å². The Morgan fingerprint density at radius 2 is 1.54 bits per heavy atom. The highest BCUT2D eigenvalue weighted by Crippen LogP contribution is 2.27. The molecule has 7 nitrogen and oxygen atoms in total. The number of hydrogen-bond donors (Lipinski definition) is 0. The molecular formula is C18H22BrN3O4. The number of ether oxygens (including phenoxy) is 2. The molecule has 2 aromatic rings. The summed E-state index contributed by atoms with van der Waals surface area (Å²) < 4.78 is 11.5. The molecule has 2 aromatic heterocycles. The normalized spacial score (nSPS) is 12.0. The van der Waals surface area contributed by atoms with Crippen molar-refractivity contribution in [3.05, 3.63) is 29.0 Å². The molecule has 2 rings (SSSR count). The highest BCUT2D eigenvalue weighted by atomic mass is 79.9. The van der Waals surface area contributed by atoms with Gasteiger partial charge in [-0.15, -0.1) is 0 Å². The van der Waals surface area contributed by atoms with Gasteiger partial charge in [0.15, 0.2) is 5.82 Å². The van der Waals surface area contributed by atoms with E-state index in [0.29, 0.717) is 10.9 Å². The highest BCUT2D eigenvalue weighted by Gasteiger charge is 2.34. The molecule has 0 saturated heterocycles. The first-order valence-corrected chi connectivity index (χ1v) is 8.83. The third kappa shape index (κ3) is 5.14. The predicted octanol–water partition coefficient (Wildman–Crippen LogP) is 5.07. The summed E-state index contributed by atoms with van der Waals surface area (Å²) in [5.74, 6) is 0.0542. The molecule has 0 N–H and O–H groups in total. The minimum Gasteiger partial charge on any atom is -0.443 e. The minimum absolute atomic E-state index is 0.0542. The van der Waals surface area contributed by atoms with Gasteiger partial charge in [0.05, 0.1) is 0 Å². The summed E-state index contributed by atoms with van der Waals surface area (Å²) in [5, 5.41) is 0.710. The second-order valence-electron chi connectivity index (χ2n) is 7.66. The van der Waals surface area contributed by atoms with Gasteiger partial charge < -0.3 is 9.47 Å². The van der Waals surface area contributed by atoms with Crippen LogP contribution in [0.3, 0.4) is 0 Å². The first-order chi connectivity index (χ1) is 11.9. The summed E-state index contributed by atoms with van der Waals surface area (Å²) in [6.07, 6.45) is 1.30. The van der Waals surface area contributed by atoms with Crippen LogP contribution in [0.5, 0.6) is 0 Å². The molecule has 140 valence electrons. The Balaban J connectivity index is 2.57. The maximum absolute atomic E-state index is 12.7. The second-order valence-corrected chi connectivity index (χ2v) is 8.57. The number of fused-ring (bicyclic) bond motifs is 1. The van der Waals surface area contributed by atoms with E-state index in [1.807, 2.05) is 6.07 Å². The maximum atomic E-state index is 12.7. The fraction of sp³-hybridized carbons (Fsp3) is 0.444. The zero-order valence-corrected chi connectivity index (χ0v) is 17.2. The fourth-order valence-corrected chi connectivity index (χ4v) is 2.39. The van der Waals surface area contributed by atoms with Gasteiger partial charge in [-0.25, -0.2) is 14.6 Å². The van der Waals surface area contributed by atoms with E-state index in [2.05, 4.69) is 25.9 Å². The number of amides is 2. The van der Waals surface area contributed by atoms with Crippen molar-refractivity contribution in [2.75, 3.05) is 4.90 Å². The van der Waals surface area contributed by atoms with Crippen LogP contribution in [-0.4, -0.2) is 33.4 Å². The van der Waals surface area contributed by atoms with Crippen LogP contribution >= 0.6 is 15.9 Å². The molecule has 2 amide bonds. The van der Waals surface area contributed by atoms with Gasteiger partial charge in [-0.05, 0) is 69.6 Å². The summed E-state index contributed by atoms with van der Waals surface area (Å²) in [7, 11) is 0. The Bertz CT molecular complexity index is 812. The predicted molar refractivity (Wildman–Crippen MR) is 102 cm³/mol. The molecule has 0 aromatic carbocycles. The van der Waals surface area contributed by atoms with E-state index in [1.54, 1.807) is 53.8 Å². The number of halogens is 1. The largest absolute Gasteiger partial charge is 0.443 e. The van der Waals surface area contributed by atoms with Gasteiger partial charge in [-0.1, -0.05) is 0 Å². The van der Waals surface area contributed by atoms with Crippen LogP contribution in [-0.2, 0) is 9.47 Å². The molecule has 8 heteroatoms. The van der Waals surface area contributed by atoms with E-state index in [9.17, 15) is 9.59 Å². The monoisotopic (exact) mass is 423 g/mol. The Morgan fingerprint density at radius 1 is 1.00 bits per heavy atom. The number of carbonyl (C=O) groups excluding carboxylic acids is 2. The quantitative estimate of drug-likeness (QED) is 0.636. The van der Waals surface area contributed by atoms with E-state index < -0.39 is 23.4 Å². The highest BCUT2D eigenvalue weighted by molar-refractivity contribution is 9.10. The van der Waals surface area contributed by atoms with Crippen LogP contribution in [0.4, 0.5) is 15.4 Å². The minimum atomic E-state index is -0.878. The first-order valence-electron chi connectivity index (χ1n) is 8.04. The lowest BCUT2D eigenvalue weighted by molar-refractivity contribution is 0.0429. The number of imide groups is 1. The molecular weight excluding hydrogens is 402 g/mol. The average molecular weight is 424 g/mol. The second kappa shape index (κ2) is 7.19. The lowest BCUT2D eigenvalue weighted by Crippen LogP contribution is -2.44. The van der Waals surface area contributed by atoms with E-state index in [0.717, 1.165) is 9.37 Å². The molecule has 0 radical (unpaired) electrons. The van der Waals surface area contributed by atoms with Gasteiger partial charge in [0.25, 0.3) is 0 Å². The molecule has 0 bridgehead atoms. The van der Waals surface area contributed by atoms with E-state index in [-0.39, 0.29) is 5.82 Å². The third-order valence-corrected chi connectivity index (χ3v) is 3.34. The molecule has 0 aliphatic carbocycles. The van der Waals surface area contributed by atoms with Crippen molar-refractivity contribution in [2.24, 2.45) is 0 Å². The molecule has 26 heavy (non-hydrogen) atoms. The summed E-state index contributed by atoms with van der Waals surface area (Å²) in [6.45, 7) is 10.3. The van der Waals surface area contributed by atoms with Crippen LogP contribution in [0.1, 0.15) is 41.5 Å². The van der Waals surface area contributed by atoms with Gasteiger partial charge >= 0.3 is 12.2 Å². The molecule has 0 atom stereocenters. The van der Waals surface area contributed by atoms with Crippen LogP contribution in [0.2, 0.25) is 0 Å². The molecule has 0 unspecified atom stereocenters. The van der Waals surface area contributed by atoms with Gasteiger partial charge in [0.2, 0.25) is 0 Å². The van der Waals surface area contributed by atoms with Crippen molar-refractivity contribution in [1.82, 2.24) is 9.97 Å². The average Bonchev–Trinajstić information content (AvgIpc) is 2.43. The summed E-state index contributed by atoms with van der Waals surface area (Å²) in [6, 6.07) is 3.55. The van der Waals surface area contributed by atoms with Crippen molar-refractivity contribution in [2.45, 2.75) is 52.7 Å². The number of rotatable bonds is 1. The zero-order valence-electron chi connectivity index (χ0n) is 15.7. The van der Waals surface area contributed by atoms with Crippen LogP contribution < -0.4 is 4.90 Å². The van der Waals surface area contributed by atoms with Crippen molar-refractivity contribution in [3.8, 4) is 0 Å². The van der Waals surface area contributed by atoms with E-state index >= 15 is 0 Å². The first kappa shape index (κ1) is 20.1. The number of pyridine rings is 2. The summed E-state index contributed by atoms with van der Waals surface area (Å²) in [4.78, 5) is 34.7. The summed E-state index contributed by atoms with van der Waals surface area (Å²) in [5.41, 5.74) is -1.20. The molecule has 0 aliphatic heterocycles. The number of aromatic nitrogens is 2. The maximum Gasteiger partial charge on any atom is 0.425 e. The van der Waals surface area contributed by atoms with Crippen molar-refractivity contribution in [1.29, 1.82) is 0 Å². The summed E-state index contributed by atoms with van der Waals surface area (Å²) >= 11 is 3.35. The molecule has 0 saturated carbocycles. The van der Waals surface area contributed by atoms with Gasteiger partial charge in [-0.2, -0.15) is 4.90 Å². The van der Waals surface area contributed by atoms with Crippen LogP contribution in [0.25, 0.3) is 10.9 Å². The molecule has 0 fully saturated rings. The molecule has 2 heterocycles. The Morgan fingerprint density at radius 3 is 2.04 bits per heavy atom. The number of hydrogen-bond acceptors (Lipinski definition) is 6. The van der Waals surface area contributed by atoms with Crippen molar-refractivity contribution < 1.29 is 19.1 Å². The Kier molecular flexibility index (Phi) is 5.55. The lowest BCUT2D eigenvalue weighted by atomic mass is 10.2. The van der Waals surface area contributed by atoms with Gasteiger partial charge in [0.1, 0.15) is 16.7 Å². The fourth-order valence-electron chi connectivity index (χ4n) is 2.04. The van der Waals surface area contributed by atoms with Gasteiger partial charge in [0, 0.05) is 22.3 Å². The smallest absolute Gasteiger partial charge is 0.425 e. The van der Waals surface area contributed by atoms with Crippen molar-refractivity contribution in [3.63, 3.8) is 0 Å². The van der Waals surface area contributed by atoms with E-state index in [1.165, 1.54) is 6.20 Å². The molecule has 0 spiro atoms. The topological polar surface area (TPSA) is 81.6 Å². The Labute approximate surface area is 160 Å². The third-order valence-electron chi connectivity index (χ3n) is 2.91. The number of nitrogens with zero attached hydrogens (tertiary/aromatic N) is 3. The SMILES string of the molecule is CC(C)(C)OC(=O)N(C(=O)OC(C)(C)C)c1nccc2cc(Br)cnc12. The standard InChI is InChI=1S/C18H22BrN3O4/c1-17(2,3)25-15(23)22(16(24)26-18(4,5)6)14-13-11(7-8-20-14)9-12(19)10-21-13/h7-10H,1-6H3. The van der Waals surface area contributed by atoms with Crippen molar-refractivity contribution >= 4 is 44.8 Å². The number of carbonyl (C=O) groups is 2. The van der Waals surface area contributed by atoms with Gasteiger partial charge in [-0.3, -0.25) is 4.98 Å². The molecule has 0 aliphatic rings. The Hall–Kier alpha value is -2.22. The van der Waals surface area contributed by atoms with Crippen LogP contribution in [0.15, 0.2) is 29.0 Å². The van der Waals surface area contributed by atoms with E-state index in [4.69, 9.17) is 9.47 Å².